The van der Waals surface area contributed by atoms with Gasteiger partial charge in [0, 0.05) is 25.2 Å². The van der Waals surface area contributed by atoms with Gasteiger partial charge in [0.2, 0.25) is 0 Å². The van der Waals surface area contributed by atoms with Crippen LogP contribution < -0.4 is 10.5 Å². The standard InChI is InChI=1S/C20H26N4O/c1-4-6-12-23(5-2)20-15(3)17-18(19(25)22-14-21-17)24(20)13-16-10-8-7-9-11-16/h7-11,14H,4-6,12-13H2,1-3H3,(H,21,22,25). The van der Waals surface area contributed by atoms with Gasteiger partial charge in [-0.15, -0.1) is 0 Å². The normalized spacial score (nSPS) is 11.2. The van der Waals surface area contributed by atoms with E-state index in [1.165, 1.54) is 11.9 Å². The number of anilines is 1. The Hall–Kier alpha value is -2.56. The first-order valence-electron chi connectivity index (χ1n) is 9.02. The van der Waals surface area contributed by atoms with Crippen LogP contribution >= 0.6 is 0 Å². The number of benzene rings is 1. The molecule has 0 bridgehead atoms. The lowest BCUT2D eigenvalue weighted by Gasteiger charge is -2.26. The van der Waals surface area contributed by atoms with Crippen LogP contribution in [0.25, 0.3) is 11.0 Å². The molecule has 3 rings (SSSR count). The Morgan fingerprint density at radius 3 is 2.64 bits per heavy atom. The molecule has 0 radical (unpaired) electrons. The number of unbranched alkanes of at least 4 members (excludes halogenated alkanes) is 1. The summed E-state index contributed by atoms with van der Waals surface area (Å²) in [6.45, 7) is 8.99. The van der Waals surface area contributed by atoms with E-state index in [2.05, 4.69) is 52.3 Å². The van der Waals surface area contributed by atoms with Crippen LogP contribution in [0.2, 0.25) is 0 Å². The molecule has 132 valence electrons. The molecule has 1 aromatic carbocycles. The summed E-state index contributed by atoms with van der Waals surface area (Å²) >= 11 is 0. The molecule has 5 heteroatoms. The van der Waals surface area contributed by atoms with E-state index in [1.807, 2.05) is 18.2 Å². The van der Waals surface area contributed by atoms with Gasteiger partial charge in [0.1, 0.15) is 16.9 Å². The average molecular weight is 338 g/mol. The molecule has 5 nitrogen and oxygen atoms in total. The van der Waals surface area contributed by atoms with E-state index in [9.17, 15) is 4.79 Å². The first kappa shape index (κ1) is 17.3. The Balaban J connectivity index is 2.20. The van der Waals surface area contributed by atoms with Gasteiger partial charge in [-0.05, 0) is 25.8 Å². The second-order valence-electron chi connectivity index (χ2n) is 6.38. The number of H-pyrrole nitrogens is 1. The zero-order chi connectivity index (χ0) is 17.8. The van der Waals surface area contributed by atoms with E-state index in [4.69, 9.17) is 0 Å². The van der Waals surface area contributed by atoms with Crippen LogP contribution in [0.5, 0.6) is 0 Å². The van der Waals surface area contributed by atoms with Crippen molar-refractivity contribution in [1.29, 1.82) is 0 Å². The fraction of sp³-hybridized carbons (Fsp3) is 0.400. The third-order valence-corrected chi connectivity index (χ3v) is 4.69. The smallest absolute Gasteiger partial charge is 0.275 e. The number of aromatic nitrogens is 3. The molecule has 25 heavy (non-hydrogen) atoms. The SMILES string of the molecule is CCCCN(CC)c1c(C)c2nc[nH]c(=O)c2n1Cc1ccccc1. The highest BCUT2D eigenvalue weighted by Gasteiger charge is 2.21. The molecule has 0 saturated carbocycles. The van der Waals surface area contributed by atoms with Crippen molar-refractivity contribution in [2.24, 2.45) is 0 Å². The molecular weight excluding hydrogens is 312 g/mol. The topological polar surface area (TPSA) is 53.9 Å². The molecule has 0 amide bonds. The Morgan fingerprint density at radius 2 is 1.96 bits per heavy atom. The first-order valence-corrected chi connectivity index (χ1v) is 9.02. The largest absolute Gasteiger partial charge is 0.358 e. The zero-order valence-corrected chi connectivity index (χ0v) is 15.2. The van der Waals surface area contributed by atoms with Crippen molar-refractivity contribution in [3.05, 3.63) is 58.1 Å². The fourth-order valence-electron chi connectivity index (χ4n) is 3.42. The molecule has 2 heterocycles. The minimum absolute atomic E-state index is 0.0816. The second-order valence-corrected chi connectivity index (χ2v) is 6.38. The number of nitrogens with zero attached hydrogens (tertiary/aromatic N) is 3. The monoisotopic (exact) mass is 338 g/mol. The van der Waals surface area contributed by atoms with Crippen LogP contribution in [0.4, 0.5) is 5.82 Å². The van der Waals surface area contributed by atoms with Crippen LogP contribution in [0.3, 0.4) is 0 Å². The molecule has 2 aromatic heterocycles. The Kier molecular flexibility index (Phi) is 5.22. The molecule has 0 saturated heterocycles. The van der Waals surface area contributed by atoms with Gasteiger partial charge in [-0.25, -0.2) is 4.98 Å². The summed E-state index contributed by atoms with van der Waals surface area (Å²) < 4.78 is 2.13. The van der Waals surface area contributed by atoms with Gasteiger partial charge >= 0.3 is 0 Å². The third-order valence-electron chi connectivity index (χ3n) is 4.69. The first-order chi connectivity index (χ1) is 12.2. The summed E-state index contributed by atoms with van der Waals surface area (Å²) in [6.07, 6.45) is 3.77. The fourth-order valence-corrected chi connectivity index (χ4v) is 3.42. The van der Waals surface area contributed by atoms with Crippen LogP contribution in [0.15, 0.2) is 41.5 Å². The summed E-state index contributed by atoms with van der Waals surface area (Å²) in [5, 5.41) is 0. The summed E-state index contributed by atoms with van der Waals surface area (Å²) in [4.78, 5) is 22.1. The highest BCUT2D eigenvalue weighted by atomic mass is 16.1. The second kappa shape index (κ2) is 7.55. The van der Waals surface area contributed by atoms with Gasteiger partial charge in [0.05, 0.1) is 6.33 Å². The predicted octanol–water partition coefficient (Wildman–Crippen LogP) is 3.71. The van der Waals surface area contributed by atoms with E-state index in [0.717, 1.165) is 42.8 Å². The molecule has 0 aliphatic carbocycles. The highest BCUT2D eigenvalue weighted by Crippen LogP contribution is 2.30. The van der Waals surface area contributed by atoms with Gasteiger partial charge in [-0.2, -0.15) is 0 Å². The van der Waals surface area contributed by atoms with Crippen LogP contribution in [-0.4, -0.2) is 27.6 Å². The maximum Gasteiger partial charge on any atom is 0.275 e. The van der Waals surface area contributed by atoms with Crippen LogP contribution in [0.1, 0.15) is 37.8 Å². The molecule has 0 fully saturated rings. The minimum Gasteiger partial charge on any atom is -0.358 e. The number of nitrogens with one attached hydrogen (secondary N) is 1. The summed E-state index contributed by atoms with van der Waals surface area (Å²) in [5.41, 5.74) is 3.63. The number of aromatic amines is 1. The highest BCUT2D eigenvalue weighted by molar-refractivity contribution is 5.85. The van der Waals surface area contributed by atoms with Crippen molar-refractivity contribution in [2.45, 2.75) is 40.2 Å². The maximum atomic E-state index is 12.5. The average Bonchev–Trinajstić information content (AvgIpc) is 2.91. The van der Waals surface area contributed by atoms with Crippen molar-refractivity contribution < 1.29 is 0 Å². The van der Waals surface area contributed by atoms with Crippen molar-refractivity contribution in [1.82, 2.24) is 14.5 Å². The van der Waals surface area contributed by atoms with Gasteiger partial charge < -0.3 is 14.5 Å². The predicted molar refractivity (Wildman–Crippen MR) is 103 cm³/mol. The van der Waals surface area contributed by atoms with E-state index >= 15 is 0 Å². The molecule has 0 aliphatic rings. The number of hydrogen-bond donors (Lipinski definition) is 1. The molecule has 3 aromatic rings. The Bertz CT molecular complexity index is 895. The maximum absolute atomic E-state index is 12.5. The molecular formula is C20H26N4O. The van der Waals surface area contributed by atoms with Crippen LogP contribution in [0, 0.1) is 6.92 Å². The number of fused-ring (bicyclic) bond motifs is 1. The Labute approximate surface area is 148 Å². The van der Waals surface area contributed by atoms with Gasteiger partial charge in [0.25, 0.3) is 5.56 Å². The number of aryl methyl sites for hydroxylation is 1. The number of hydrogen-bond acceptors (Lipinski definition) is 3. The van der Waals surface area contributed by atoms with E-state index < -0.39 is 0 Å². The summed E-state index contributed by atoms with van der Waals surface area (Å²) in [5.74, 6) is 1.11. The molecule has 1 N–H and O–H groups in total. The summed E-state index contributed by atoms with van der Waals surface area (Å²) in [6, 6.07) is 10.3. The summed E-state index contributed by atoms with van der Waals surface area (Å²) in [7, 11) is 0. The Morgan fingerprint density at radius 1 is 1.20 bits per heavy atom. The lowest BCUT2D eigenvalue weighted by molar-refractivity contribution is 0.695. The van der Waals surface area contributed by atoms with E-state index in [1.54, 1.807) is 0 Å². The van der Waals surface area contributed by atoms with Crippen molar-refractivity contribution in [3.8, 4) is 0 Å². The third kappa shape index (κ3) is 3.31. The van der Waals surface area contributed by atoms with Gasteiger partial charge in [0.15, 0.2) is 0 Å². The van der Waals surface area contributed by atoms with E-state index in [-0.39, 0.29) is 5.56 Å². The molecule has 0 aliphatic heterocycles. The minimum atomic E-state index is -0.0816. The molecule has 0 atom stereocenters. The van der Waals surface area contributed by atoms with Crippen molar-refractivity contribution >= 4 is 16.9 Å². The molecule has 0 unspecified atom stereocenters. The van der Waals surface area contributed by atoms with Crippen LogP contribution in [-0.2, 0) is 6.54 Å². The number of rotatable bonds is 7. The van der Waals surface area contributed by atoms with Gasteiger partial charge in [-0.1, -0.05) is 43.7 Å². The van der Waals surface area contributed by atoms with Crippen molar-refractivity contribution in [3.63, 3.8) is 0 Å². The van der Waals surface area contributed by atoms with E-state index in [0.29, 0.717) is 12.1 Å². The quantitative estimate of drug-likeness (QED) is 0.714. The lowest BCUT2D eigenvalue weighted by Crippen LogP contribution is -2.27. The van der Waals surface area contributed by atoms with Crippen molar-refractivity contribution in [2.75, 3.05) is 18.0 Å². The lowest BCUT2D eigenvalue weighted by atomic mass is 10.2. The zero-order valence-electron chi connectivity index (χ0n) is 15.2. The molecule has 0 spiro atoms. The van der Waals surface area contributed by atoms with Gasteiger partial charge in [-0.3, -0.25) is 4.79 Å².